The van der Waals surface area contributed by atoms with E-state index in [1.165, 1.54) is 5.69 Å². The van der Waals surface area contributed by atoms with Crippen molar-refractivity contribution >= 4 is 16.9 Å². The van der Waals surface area contributed by atoms with E-state index in [0.29, 0.717) is 18.0 Å². The number of carboxylic acids is 1. The Morgan fingerprint density at radius 3 is 3.00 bits per heavy atom. The summed E-state index contributed by atoms with van der Waals surface area (Å²) in [6.07, 6.45) is 4.16. The molecule has 1 aliphatic rings. The van der Waals surface area contributed by atoms with Gasteiger partial charge in [0.2, 0.25) is 5.88 Å². The number of fused-ring (bicyclic) bond motifs is 3. The highest BCUT2D eigenvalue weighted by Crippen LogP contribution is 2.29. The topological polar surface area (TPSA) is 91.3 Å². The standard InChI is InChI=1S/C18H18N4O3/c1-25-17-16(19-5-6-20-17)10-22-7-4-15-13(9-22)12-8-11(18(23)24)2-3-14(12)21-15/h2-3,5-6,8,21H,4,7,9-10H2,1H3,(H,23,24). The molecule has 2 aromatic heterocycles. The van der Waals surface area contributed by atoms with Crippen LogP contribution in [0.1, 0.15) is 27.3 Å². The largest absolute Gasteiger partial charge is 0.480 e. The third kappa shape index (κ3) is 2.83. The fraction of sp³-hybridized carbons (Fsp3) is 0.278. The maximum Gasteiger partial charge on any atom is 0.335 e. The van der Waals surface area contributed by atoms with Crippen LogP contribution in [0.2, 0.25) is 0 Å². The molecule has 3 aromatic rings. The number of hydrogen-bond donors (Lipinski definition) is 2. The number of nitrogens with one attached hydrogen (secondary N) is 1. The molecule has 3 heterocycles. The average molecular weight is 338 g/mol. The fourth-order valence-corrected chi connectivity index (χ4v) is 3.38. The number of nitrogens with zero attached hydrogens (tertiary/aromatic N) is 3. The zero-order valence-corrected chi connectivity index (χ0v) is 13.8. The lowest BCUT2D eigenvalue weighted by Crippen LogP contribution is -2.30. The summed E-state index contributed by atoms with van der Waals surface area (Å²) in [6, 6.07) is 5.22. The van der Waals surface area contributed by atoms with Gasteiger partial charge >= 0.3 is 5.97 Å². The van der Waals surface area contributed by atoms with Crippen molar-refractivity contribution in [2.45, 2.75) is 19.5 Å². The summed E-state index contributed by atoms with van der Waals surface area (Å²) in [5, 5.41) is 10.2. The molecule has 0 radical (unpaired) electrons. The Morgan fingerprint density at radius 1 is 1.36 bits per heavy atom. The van der Waals surface area contributed by atoms with E-state index in [9.17, 15) is 9.90 Å². The summed E-state index contributed by atoms with van der Waals surface area (Å²) in [5.74, 6) is -0.366. The van der Waals surface area contributed by atoms with Gasteiger partial charge in [-0.15, -0.1) is 0 Å². The fourth-order valence-electron chi connectivity index (χ4n) is 3.38. The molecule has 0 aliphatic carbocycles. The number of aromatic amines is 1. The van der Waals surface area contributed by atoms with Gasteiger partial charge in [-0.2, -0.15) is 0 Å². The van der Waals surface area contributed by atoms with Gasteiger partial charge in [0.05, 0.1) is 12.7 Å². The molecule has 0 atom stereocenters. The molecule has 7 heteroatoms. The molecular weight excluding hydrogens is 320 g/mol. The van der Waals surface area contributed by atoms with E-state index in [2.05, 4.69) is 19.9 Å². The number of methoxy groups -OCH3 is 1. The van der Waals surface area contributed by atoms with Crippen molar-refractivity contribution in [2.75, 3.05) is 13.7 Å². The Balaban J connectivity index is 1.64. The maximum absolute atomic E-state index is 11.3. The summed E-state index contributed by atoms with van der Waals surface area (Å²) in [7, 11) is 1.59. The molecule has 0 unspecified atom stereocenters. The predicted octanol–water partition coefficient (Wildman–Crippen LogP) is 2.22. The number of carbonyl (C=O) groups is 1. The zero-order chi connectivity index (χ0) is 17.4. The molecule has 0 bridgehead atoms. The van der Waals surface area contributed by atoms with Crippen LogP contribution in [0.4, 0.5) is 0 Å². The summed E-state index contributed by atoms with van der Waals surface area (Å²) in [6.45, 7) is 2.27. The molecule has 4 rings (SSSR count). The zero-order valence-electron chi connectivity index (χ0n) is 13.8. The number of H-pyrrole nitrogens is 1. The van der Waals surface area contributed by atoms with Crippen LogP contribution in [0.5, 0.6) is 5.88 Å². The molecule has 2 N–H and O–H groups in total. The normalized spacial score (nSPS) is 14.4. The first-order valence-electron chi connectivity index (χ1n) is 8.08. The van der Waals surface area contributed by atoms with E-state index in [1.807, 2.05) is 6.07 Å². The monoisotopic (exact) mass is 338 g/mol. The SMILES string of the molecule is COc1nccnc1CN1CCc2[nH]c3ccc(C(=O)O)cc3c2C1. The van der Waals surface area contributed by atoms with Crippen LogP contribution in [0.25, 0.3) is 10.9 Å². The smallest absolute Gasteiger partial charge is 0.335 e. The minimum absolute atomic E-state index is 0.307. The number of aromatic nitrogens is 3. The molecule has 0 saturated carbocycles. The van der Waals surface area contributed by atoms with Gasteiger partial charge in [-0.25, -0.2) is 9.78 Å². The van der Waals surface area contributed by atoms with Gasteiger partial charge < -0.3 is 14.8 Å². The Bertz CT molecular complexity index is 951. The maximum atomic E-state index is 11.3. The molecule has 0 amide bonds. The molecule has 25 heavy (non-hydrogen) atoms. The molecule has 7 nitrogen and oxygen atoms in total. The van der Waals surface area contributed by atoms with Gasteiger partial charge in [-0.05, 0) is 23.8 Å². The van der Waals surface area contributed by atoms with Crippen LogP contribution in [0, 0.1) is 0 Å². The third-order valence-corrected chi connectivity index (χ3v) is 4.60. The van der Waals surface area contributed by atoms with Gasteiger partial charge in [0.15, 0.2) is 0 Å². The van der Waals surface area contributed by atoms with Gasteiger partial charge in [-0.3, -0.25) is 9.88 Å². The van der Waals surface area contributed by atoms with E-state index < -0.39 is 5.97 Å². The number of hydrogen-bond acceptors (Lipinski definition) is 5. The molecule has 0 saturated heterocycles. The van der Waals surface area contributed by atoms with Crippen molar-refractivity contribution < 1.29 is 14.6 Å². The molecule has 1 aliphatic heterocycles. The van der Waals surface area contributed by atoms with Gasteiger partial charge in [0.1, 0.15) is 5.69 Å². The van der Waals surface area contributed by atoms with E-state index in [1.54, 1.807) is 31.6 Å². The Kier molecular flexibility index (Phi) is 3.85. The summed E-state index contributed by atoms with van der Waals surface area (Å²) in [4.78, 5) is 25.5. The van der Waals surface area contributed by atoms with Crippen LogP contribution in [0.3, 0.4) is 0 Å². The van der Waals surface area contributed by atoms with Crippen LogP contribution >= 0.6 is 0 Å². The highest BCUT2D eigenvalue weighted by molar-refractivity contribution is 5.95. The number of ether oxygens (including phenoxy) is 1. The van der Waals surface area contributed by atoms with Crippen LogP contribution in [-0.4, -0.2) is 44.6 Å². The Labute approximate surface area is 144 Å². The summed E-state index contributed by atoms with van der Waals surface area (Å²) in [5.41, 5.74) is 4.43. The number of aromatic carboxylic acids is 1. The van der Waals surface area contributed by atoms with Crippen molar-refractivity contribution in [2.24, 2.45) is 0 Å². The Morgan fingerprint density at radius 2 is 2.20 bits per heavy atom. The predicted molar refractivity (Wildman–Crippen MR) is 91.7 cm³/mol. The van der Waals surface area contributed by atoms with Crippen molar-refractivity contribution in [1.29, 1.82) is 0 Å². The van der Waals surface area contributed by atoms with Crippen LogP contribution in [-0.2, 0) is 19.5 Å². The van der Waals surface area contributed by atoms with Crippen molar-refractivity contribution in [3.63, 3.8) is 0 Å². The minimum Gasteiger partial charge on any atom is -0.480 e. The second-order valence-electron chi connectivity index (χ2n) is 6.12. The van der Waals surface area contributed by atoms with E-state index >= 15 is 0 Å². The third-order valence-electron chi connectivity index (χ3n) is 4.60. The van der Waals surface area contributed by atoms with Gasteiger partial charge in [0.25, 0.3) is 0 Å². The molecule has 1 aromatic carbocycles. The molecule has 0 spiro atoms. The van der Waals surface area contributed by atoms with Crippen molar-refractivity contribution in [1.82, 2.24) is 19.9 Å². The van der Waals surface area contributed by atoms with Gasteiger partial charge in [-0.1, -0.05) is 0 Å². The van der Waals surface area contributed by atoms with Crippen LogP contribution < -0.4 is 4.74 Å². The van der Waals surface area contributed by atoms with E-state index in [0.717, 1.165) is 41.7 Å². The quantitative estimate of drug-likeness (QED) is 0.758. The first-order valence-corrected chi connectivity index (χ1v) is 8.08. The second-order valence-corrected chi connectivity index (χ2v) is 6.12. The lowest BCUT2D eigenvalue weighted by molar-refractivity contribution is 0.0697. The highest BCUT2D eigenvalue weighted by Gasteiger charge is 2.22. The van der Waals surface area contributed by atoms with Crippen molar-refractivity contribution in [3.05, 3.63) is 53.1 Å². The summed E-state index contributed by atoms with van der Waals surface area (Å²) < 4.78 is 5.28. The molecular formula is C18H18N4O3. The summed E-state index contributed by atoms with van der Waals surface area (Å²) >= 11 is 0. The first kappa shape index (κ1) is 15.6. The Hall–Kier alpha value is -2.93. The average Bonchev–Trinajstić information content (AvgIpc) is 2.99. The van der Waals surface area contributed by atoms with E-state index in [-0.39, 0.29) is 0 Å². The van der Waals surface area contributed by atoms with Gasteiger partial charge in [0, 0.05) is 55.0 Å². The molecule has 0 fully saturated rings. The highest BCUT2D eigenvalue weighted by atomic mass is 16.5. The number of rotatable bonds is 4. The number of benzene rings is 1. The van der Waals surface area contributed by atoms with Crippen molar-refractivity contribution in [3.8, 4) is 5.88 Å². The lowest BCUT2D eigenvalue weighted by Gasteiger charge is -2.27. The minimum atomic E-state index is -0.909. The van der Waals surface area contributed by atoms with Crippen LogP contribution in [0.15, 0.2) is 30.6 Å². The number of carboxylic acid groups (broad SMARTS) is 1. The molecule has 128 valence electrons. The lowest BCUT2D eigenvalue weighted by atomic mass is 10.0. The second kappa shape index (κ2) is 6.18. The first-order chi connectivity index (χ1) is 12.2. The van der Waals surface area contributed by atoms with E-state index in [4.69, 9.17) is 4.74 Å².